The number of nitrogen functional groups attached to an aromatic ring is 1. The standard InChI is InChI=1S/C28H29ClN4O5.C18H14ClN3O.C10H17NO5.CH2Cl2.CH6IP.2CH4.2H2/c1-28(2,3)38-27(36)33-13-14-37-17-23(33)26(35)30-21-10-6-18(7-11-21)5-8-19-16-32(4)31-25(19)22-15-20(29)9-12-24(22)34;1-22-11-13(5-2-12-3-7-15(20)8-4-12)18(21-22)16-10-14(19)6-9-17(16)23;1-10(2,3)16-9(14)11-4-5-15-6-7(11)8(12)13;2-1-3;1-2-3;;;;/h6-7,9-12,15-16,23,34H,13-14,17H2,1-4H3,(H,30,35);3-4,6-11,23H,20H2,1H3;7H,4-6H2,1-3H3,(H,12,13);1H2;2H,3H2,1H3;2*1H4;2*1H/t23-;;7-;;;;;;/m0.0....../s1/i;;;;2D;;;2*1+1D. The fraction of sp³-hybridized carbons (Fsp3) is 0.367. The molecule has 0 radical (unpaired) electrons. The van der Waals surface area contributed by atoms with E-state index >= 15 is 0 Å². The molecule has 2 aromatic heterocycles. The van der Waals surface area contributed by atoms with E-state index in [0.29, 0.717) is 73.8 Å². The van der Waals surface area contributed by atoms with Crippen LogP contribution in [0.3, 0.4) is 0 Å². The second-order valence-corrected chi connectivity index (χ2v) is 25.7. The molecule has 3 amide bonds. The molecule has 0 saturated carbocycles. The average Bonchev–Trinajstić information content (AvgIpc) is 1.65. The molecule has 2 aliphatic heterocycles. The summed E-state index contributed by atoms with van der Waals surface area (Å²) in [7, 11) is 3.58. The number of halogens is 5. The summed E-state index contributed by atoms with van der Waals surface area (Å²) in [5.41, 5.74) is 10.7. The van der Waals surface area contributed by atoms with Crippen LogP contribution in [0.15, 0.2) is 97.3 Å². The second-order valence-electron chi connectivity index (χ2n) is 19.8. The molecule has 1 unspecified atom stereocenters. The van der Waals surface area contributed by atoms with Gasteiger partial charge < -0.3 is 45.3 Å². The van der Waals surface area contributed by atoms with E-state index in [-0.39, 0.29) is 63.9 Å². The summed E-state index contributed by atoms with van der Waals surface area (Å²) in [6, 6.07) is 22.2. The summed E-state index contributed by atoms with van der Waals surface area (Å²) < 4.78 is 51.0. The third-order valence-electron chi connectivity index (χ3n) is 10.9. The monoisotopic (exact) mass is 1390 g/mol. The molecule has 0 bridgehead atoms. The molecule has 85 heavy (non-hydrogen) atoms. The number of nitrogens with zero attached hydrogens (tertiary/aromatic N) is 6. The van der Waals surface area contributed by atoms with Crippen LogP contribution in [-0.2, 0) is 42.6 Å². The Morgan fingerprint density at radius 1 is 0.741 bits per heavy atom. The number of phenolic OH excluding ortho intramolecular Hbond substituents is 2. The number of aryl methyl sites for hydroxylation is 2. The molecule has 0 aliphatic carbocycles. The minimum atomic E-state index is -1.10. The fourth-order valence-corrected chi connectivity index (χ4v) is 7.71. The van der Waals surface area contributed by atoms with Crippen molar-refractivity contribution in [3.05, 3.63) is 130 Å². The maximum atomic E-state index is 13.0. The first-order chi connectivity index (χ1) is 41.5. The van der Waals surface area contributed by atoms with Gasteiger partial charge in [-0.1, -0.05) is 61.7 Å². The SMILES string of the molecule is C.C.CC(C)(C)OC(=O)N1CCOC[C@H]1C(=O)O.ClCCl.Cn1cc(C#Cc2ccc(N)cc2)c(-c2cc(Cl)ccc2O)n1.Cn1cc(C#Cc2ccc(NC(=O)[C@@H]3COCCN3C(=O)OC(C)(C)C)cc2)c(-c2cc(Cl)ccc2O)n1.[2H]I(C)P.[2H][2H].[2H][2H]. The normalized spacial score (nSPS) is 14.7. The molecule has 4 aromatic carbocycles. The van der Waals surface area contributed by atoms with Crippen LogP contribution in [-0.4, -0.2) is 142 Å². The minimum Gasteiger partial charge on any atom is 0 e. The maximum Gasteiger partial charge on any atom is 0 e. The van der Waals surface area contributed by atoms with Gasteiger partial charge in [-0.15, -0.1) is 23.2 Å². The molecule has 2 aliphatic rings. The van der Waals surface area contributed by atoms with Gasteiger partial charge in [0.15, 0.2) is 6.04 Å². The van der Waals surface area contributed by atoms with Crippen molar-refractivity contribution in [2.45, 2.75) is 79.7 Å². The number of benzene rings is 4. The van der Waals surface area contributed by atoms with E-state index in [4.69, 9.17) is 82.7 Å². The van der Waals surface area contributed by atoms with Crippen LogP contribution in [0.2, 0.25) is 10.0 Å². The van der Waals surface area contributed by atoms with Crippen molar-refractivity contribution in [2.24, 2.45) is 14.1 Å². The zero-order valence-electron chi connectivity index (χ0n) is 52.2. The first-order valence-electron chi connectivity index (χ1n) is 27.6. The Morgan fingerprint density at radius 2 is 1.12 bits per heavy atom. The van der Waals surface area contributed by atoms with E-state index in [0.717, 1.165) is 5.56 Å². The number of carboxylic acids is 1. The number of ether oxygens (including phenoxy) is 4. The van der Waals surface area contributed by atoms with Crippen molar-refractivity contribution < 1.29 is 59.4 Å². The van der Waals surface area contributed by atoms with Gasteiger partial charge in [-0.05, 0) is 126 Å². The number of rotatable bonds is 5. The van der Waals surface area contributed by atoms with Crippen molar-refractivity contribution in [1.29, 1.82) is 0.594 Å². The number of carboxylic acid groups (broad SMARTS) is 1. The predicted molar refractivity (Wildman–Crippen MR) is 357 cm³/mol. The van der Waals surface area contributed by atoms with Crippen molar-refractivity contribution in [3.63, 3.8) is 0 Å². The number of aromatic hydroxyl groups is 2. The van der Waals surface area contributed by atoms with Gasteiger partial charge in [0.1, 0.15) is 40.1 Å². The molecule has 4 heterocycles. The van der Waals surface area contributed by atoms with E-state index < -0.39 is 61.9 Å². The number of alkyl halides is 3. The Bertz CT molecular complexity index is 3340. The zero-order chi connectivity index (χ0) is 66.5. The molecular weight excluding hydrogens is 1310 g/mol. The third kappa shape index (κ3) is 24.8. The van der Waals surface area contributed by atoms with Crippen LogP contribution in [0.5, 0.6) is 11.5 Å². The van der Waals surface area contributed by atoms with Crippen molar-refractivity contribution in [3.8, 4) is 57.7 Å². The molecule has 2 fully saturated rings. The van der Waals surface area contributed by atoms with Gasteiger partial charge in [-0.3, -0.25) is 24.0 Å². The van der Waals surface area contributed by atoms with Gasteiger partial charge in [0.05, 0.1) is 42.9 Å². The predicted octanol–water partition coefficient (Wildman–Crippen LogP) is 12.9. The van der Waals surface area contributed by atoms with Gasteiger partial charge in [0, 0.05) is 89.2 Å². The Hall–Kier alpha value is -6.46. The topological polar surface area (TPSA) is 246 Å². The number of phenols is 2. The maximum absolute atomic E-state index is 13.0. The number of hydrogen-bond donors (Lipinski definition) is 5. The number of carbonyl (C=O) groups excluding carboxylic acids is 3. The largest absolute Gasteiger partial charge is 0 e. The number of aromatic nitrogens is 4. The summed E-state index contributed by atoms with van der Waals surface area (Å²) >= 11 is 20.6. The molecule has 19 nitrogen and oxygen atoms in total. The average molecular weight is 1390 g/mol. The number of amides is 3. The Balaban J connectivity index is 0.00000130. The van der Waals surface area contributed by atoms with Crippen molar-refractivity contribution >= 4 is 109 Å². The quantitative estimate of drug-likeness (QED) is 0.0354. The van der Waals surface area contributed by atoms with Gasteiger partial charge >= 0.3 is 51.0 Å². The number of nitrogens with two attached hydrogens (primary N) is 1. The van der Waals surface area contributed by atoms with Crippen molar-refractivity contribution in [2.75, 3.05) is 60.8 Å². The molecule has 6 aromatic rings. The summed E-state index contributed by atoms with van der Waals surface area (Å²) in [5.74, 6) is 11.1. The van der Waals surface area contributed by atoms with E-state index in [2.05, 4.69) is 46.1 Å². The Kier molecular flexibility index (Phi) is 29.2. The summed E-state index contributed by atoms with van der Waals surface area (Å²) in [6.07, 6.45) is 2.41. The van der Waals surface area contributed by atoms with Crippen LogP contribution in [0, 0.1) is 23.7 Å². The molecule has 3 atom stereocenters. The number of nitrogens with one attached hydrogen (secondary N) is 1. The van der Waals surface area contributed by atoms with E-state index in [1.54, 1.807) is 144 Å². The van der Waals surface area contributed by atoms with E-state index in [1.165, 1.54) is 15.9 Å². The second kappa shape index (κ2) is 35.9. The molecule has 25 heteroatoms. The van der Waals surface area contributed by atoms with Crippen LogP contribution in [0.4, 0.5) is 21.0 Å². The summed E-state index contributed by atoms with van der Waals surface area (Å²) in [5, 5.41) is 42.1. The number of anilines is 2. The molecular formula is C60H80Cl4IN8O11P. The van der Waals surface area contributed by atoms with Crippen LogP contribution >= 0.6 is 73.7 Å². The summed E-state index contributed by atoms with van der Waals surface area (Å²) in [6.45, 7) is 14.3. The van der Waals surface area contributed by atoms with Gasteiger partial charge in [0.25, 0.3) is 0 Å². The first kappa shape index (κ1) is 69.3. The zero-order valence-corrected chi connectivity index (χ0v) is 53.5. The van der Waals surface area contributed by atoms with E-state index in [9.17, 15) is 29.4 Å². The number of hydrogen-bond acceptors (Lipinski definition) is 13. The van der Waals surface area contributed by atoms with Crippen molar-refractivity contribution in [1.82, 2.24) is 29.4 Å². The van der Waals surface area contributed by atoms with Crippen LogP contribution in [0.25, 0.3) is 22.5 Å². The molecule has 8 rings (SSSR count). The minimum absolute atomic E-state index is 0. The number of morpholine rings is 2. The molecule has 0 spiro atoms. The van der Waals surface area contributed by atoms with Crippen LogP contribution < -0.4 is 11.1 Å². The third-order valence-corrected chi connectivity index (χ3v) is 11.4. The Morgan fingerprint density at radius 3 is 1.51 bits per heavy atom. The smallest absolute Gasteiger partial charge is 0 e. The molecule has 6 N–H and O–H groups in total. The van der Waals surface area contributed by atoms with Gasteiger partial charge in [0.2, 0.25) is 5.91 Å². The van der Waals surface area contributed by atoms with E-state index in [1.807, 2.05) is 17.1 Å². The molecule has 466 valence electrons. The van der Waals surface area contributed by atoms with Gasteiger partial charge in [-0.25, -0.2) is 14.4 Å². The fourth-order valence-electron chi connectivity index (χ4n) is 7.37. The number of carbonyl (C=O) groups is 4. The van der Waals surface area contributed by atoms with Gasteiger partial charge in [-0.2, -0.15) is 10.2 Å². The molecule has 2 saturated heterocycles. The Labute approximate surface area is 537 Å². The van der Waals surface area contributed by atoms with Crippen LogP contribution in [0.1, 0.15) is 84.6 Å². The number of aliphatic carboxylic acids is 1. The first-order valence-corrected chi connectivity index (χ1v) is 33.4. The summed E-state index contributed by atoms with van der Waals surface area (Å²) in [4.78, 5) is 52.7.